The van der Waals surface area contributed by atoms with Crippen molar-refractivity contribution in [3.05, 3.63) is 108 Å². The minimum absolute atomic E-state index is 0.00333. The summed E-state index contributed by atoms with van der Waals surface area (Å²) in [6.07, 6.45) is -8.10. The van der Waals surface area contributed by atoms with E-state index in [1.807, 2.05) is 97.9 Å². The maximum Gasteiger partial charge on any atom is 0.410 e. The number of likely N-dealkylation sites (tertiary alicyclic amines) is 1. The second kappa shape index (κ2) is 22.1. The van der Waals surface area contributed by atoms with Crippen LogP contribution in [0.5, 0.6) is 0 Å². The van der Waals surface area contributed by atoms with Crippen LogP contribution in [0.3, 0.4) is 0 Å². The average molecular weight is 820 g/mol. The first-order valence-electron chi connectivity index (χ1n) is 19.7. The molecule has 0 aliphatic carbocycles. The number of amides is 1. The van der Waals surface area contributed by atoms with Crippen LogP contribution in [-0.2, 0) is 81.6 Å². The third-order valence-electron chi connectivity index (χ3n) is 9.86. The fourth-order valence-electron chi connectivity index (χ4n) is 7.25. The van der Waals surface area contributed by atoms with Crippen LogP contribution in [-0.4, -0.2) is 103 Å². The number of piperidine rings is 1. The molecule has 0 saturated carbocycles. The normalized spacial score (nSPS) is 25.3. The molecule has 2 heterocycles. The molecule has 0 N–H and O–H groups in total. The van der Waals surface area contributed by atoms with Crippen molar-refractivity contribution in [1.82, 2.24) is 4.90 Å². The van der Waals surface area contributed by atoms with E-state index in [9.17, 15) is 24.0 Å². The second-order valence-corrected chi connectivity index (χ2v) is 14.3. The summed E-state index contributed by atoms with van der Waals surface area (Å²) in [6.45, 7) is 6.27. The first-order valence-corrected chi connectivity index (χ1v) is 19.7. The van der Waals surface area contributed by atoms with Crippen molar-refractivity contribution in [2.24, 2.45) is 0 Å². The molecule has 2 fully saturated rings. The molecule has 0 bridgehead atoms. The number of hydrogen-bond donors (Lipinski definition) is 0. The van der Waals surface area contributed by atoms with Crippen LogP contribution in [0.2, 0.25) is 0 Å². The van der Waals surface area contributed by atoms with Gasteiger partial charge in [-0.2, -0.15) is 0 Å². The number of esters is 4. The van der Waals surface area contributed by atoms with E-state index >= 15 is 0 Å². The molecule has 9 atom stereocenters. The molecule has 15 heteroatoms. The Hall–Kier alpha value is -5.35. The highest BCUT2D eigenvalue weighted by Crippen LogP contribution is 2.35. The summed E-state index contributed by atoms with van der Waals surface area (Å²) in [6, 6.07) is 27.2. The van der Waals surface area contributed by atoms with Crippen LogP contribution in [0.15, 0.2) is 91.0 Å². The second-order valence-electron chi connectivity index (χ2n) is 14.3. The molecule has 0 spiro atoms. The van der Waals surface area contributed by atoms with Crippen molar-refractivity contribution < 1.29 is 66.6 Å². The fourth-order valence-corrected chi connectivity index (χ4v) is 7.25. The average Bonchev–Trinajstić information content (AvgIpc) is 3.22. The van der Waals surface area contributed by atoms with Gasteiger partial charge in [0.05, 0.1) is 32.0 Å². The van der Waals surface area contributed by atoms with Crippen LogP contribution in [0.1, 0.15) is 64.2 Å². The summed E-state index contributed by atoms with van der Waals surface area (Å²) in [5.74, 6) is -2.98. The number of carbonyl (C=O) groups excluding carboxylic acids is 5. The molecule has 318 valence electrons. The first-order chi connectivity index (χ1) is 28.4. The van der Waals surface area contributed by atoms with Crippen LogP contribution in [0.25, 0.3) is 0 Å². The lowest BCUT2D eigenvalue weighted by Gasteiger charge is -2.49. The lowest BCUT2D eigenvalue weighted by Crippen LogP contribution is -2.65. The van der Waals surface area contributed by atoms with Crippen LogP contribution < -0.4 is 0 Å². The molecule has 0 radical (unpaired) electrons. The van der Waals surface area contributed by atoms with E-state index in [4.69, 9.17) is 42.6 Å². The van der Waals surface area contributed by atoms with Gasteiger partial charge in [-0.15, -0.1) is 0 Å². The Balaban J connectivity index is 1.53. The molecule has 3 aromatic rings. The monoisotopic (exact) mass is 819 g/mol. The number of ether oxygens (including phenoxy) is 9. The van der Waals surface area contributed by atoms with Gasteiger partial charge in [0.1, 0.15) is 25.4 Å². The Morgan fingerprint density at radius 1 is 0.576 bits per heavy atom. The molecule has 5 rings (SSSR count). The van der Waals surface area contributed by atoms with E-state index in [1.165, 1.54) is 6.92 Å². The first kappa shape index (κ1) is 44.7. The van der Waals surface area contributed by atoms with E-state index in [2.05, 4.69) is 0 Å². The summed E-state index contributed by atoms with van der Waals surface area (Å²) < 4.78 is 54.1. The molecule has 0 aromatic heterocycles. The fraction of sp³-hybridized carbons (Fsp3) is 0.477. The van der Waals surface area contributed by atoms with Gasteiger partial charge < -0.3 is 42.6 Å². The third-order valence-corrected chi connectivity index (χ3v) is 9.86. The summed E-state index contributed by atoms with van der Waals surface area (Å²) in [5.41, 5.74) is 2.61. The summed E-state index contributed by atoms with van der Waals surface area (Å²) >= 11 is 0. The lowest BCUT2D eigenvalue weighted by molar-refractivity contribution is -0.312. The molecular weight excluding hydrogens is 766 g/mol. The van der Waals surface area contributed by atoms with Crippen molar-refractivity contribution in [3.8, 4) is 0 Å². The molecule has 2 aliphatic rings. The SMILES string of the molecule is CC[C@@H]1C[C@H](OCc2ccccc2)[C@@H](OCc2ccccc2)[C@@H](CO[C@@H]2O[C@H](COC(C)=O)[C@@H](OC(C)=O)[C@H](OC(C)=O)[C@H]2OC(C)=O)N1C(=O)OCc1ccccc1. The number of benzene rings is 3. The van der Waals surface area contributed by atoms with Crippen molar-refractivity contribution in [2.75, 3.05) is 13.2 Å². The number of hydrogen-bond acceptors (Lipinski definition) is 14. The maximum absolute atomic E-state index is 14.3. The number of rotatable bonds is 17. The van der Waals surface area contributed by atoms with Gasteiger partial charge in [0.2, 0.25) is 0 Å². The smallest absolute Gasteiger partial charge is 0.410 e. The Morgan fingerprint density at radius 3 is 1.61 bits per heavy atom. The Labute approximate surface area is 344 Å². The van der Waals surface area contributed by atoms with Gasteiger partial charge >= 0.3 is 30.0 Å². The van der Waals surface area contributed by atoms with Crippen molar-refractivity contribution in [1.29, 1.82) is 0 Å². The van der Waals surface area contributed by atoms with Gasteiger partial charge in [0.25, 0.3) is 0 Å². The Morgan fingerprint density at radius 2 is 1.08 bits per heavy atom. The molecule has 2 saturated heterocycles. The Kier molecular flexibility index (Phi) is 16.8. The zero-order chi connectivity index (χ0) is 42.3. The van der Waals surface area contributed by atoms with Gasteiger partial charge in [0, 0.05) is 33.7 Å². The quantitative estimate of drug-likeness (QED) is 0.124. The summed E-state index contributed by atoms with van der Waals surface area (Å²) in [5, 5.41) is 0. The van der Waals surface area contributed by atoms with Gasteiger partial charge in [-0.1, -0.05) is 97.9 Å². The summed E-state index contributed by atoms with van der Waals surface area (Å²) in [4.78, 5) is 65.2. The highest BCUT2D eigenvalue weighted by Gasteiger charge is 2.54. The minimum Gasteiger partial charge on any atom is -0.463 e. The predicted molar refractivity (Wildman–Crippen MR) is 209 cm³/mol. The third kappa shape index (κ3) is 13.1. The van der Waals surface area contributed by atoms with Crippen LogP contribution >= 0.6 is 0 Å². The molecule has 2 aliphatic heterocycles. The van der Waals surface area contributed by atoms with Crippen molar-refractivity contribution in [3.63, 3.8) is 0 Å². The highest BCUT2D eigenvalue weighted by atomic mass is 16.7. The lowest BCUT2D eigenvalue weighted by atomic mass is 9.89. The van der Waals surface area contributed by atoms with E-state index in [1.54, 1.807) is 4.90 Å². The Bertz CT molecular complexity index is 1810. The standard InChI is InChI=1S/C44H53NO14/c1-6-35-22-37(52-23-32-16-10-7-11-17-32)39(53-24-33-18-12-8-13-19-33)36(45(35)44(50)55-25-34-20-14-9-15-21-34)26-54-43-42(58-31(5)49)41(57-30(4)48)40(56-29(3)47)38(59-43)27-51-28(2)46/h7-21,35-43H,6,22-27H2,1-5H3/t35-,36-,37+,38-,39+,40-,41+,42-,43-/m1/s1. The van der Waals surface area contributed by atoms with Gasteiger partial charge in [-0.3, -0.25) is 24.1 Å². The largest absolute Gasteiger partial charge is 0.463 e. The maximum atomic E-state index is 14.3. The minimum atomic E-state index is -1.50. The molecule has 15 nitrogen and oxygen atoms in total. The van der Waals surface area contributed by atoms with E-state index < -0.39 is 91.6 Å². The number of nitrogens with zero attached hydrogens (tertiary/aromatic N) is 1. The van der Waals surface area contributed by atoms with E-state index in [-0.39, 0.29) is 26.4 Å². The molecule has 59 heavy (non-hydrogen) atoms. The van der Waals surface area contributed by atoms with Gasteiger partial charge in [0.15, 0.2) is 24.6 Å². The summed E-state index contributed by atoms with van der Waals surface area (Å²) in [7, 11) is 0. The zero-order valence-electron chi connectivity index (χ0n) is 34.0. The van der Waals surface area contributed by atoms with Crippen LogP contribution in [0, 0.1) is 0 Å². The molecule has 3 aromatic carbocycles. The zero-order valence-corrected chi connectivity index (χ0v) is 34.0. The van der Waals surface area contributed by atoms with Gasteiger partial charge in [-0.05, 0) is 29.5 Å². The topological polar surface area (TPSA) is 172 Å². The van der Waals surface area contributed by atoms with Crippen molar-refractivity contribution in [2.45, 2.75) is 122 Å². The molecule has 1 amide bonds. The molecule has 0 unspecified atom stereocenters. The van der Waals surface area contributed by atoms with Gasteiger partial charge in [-0.25, -0.2) is 4.79 Å². The number of carbonyl (C=O) groups is 5. The molecular formula is C44H53NO14. The van der Waals surface area contributed by atoms with E-state index in [0.717, 1.165) is 37.5 Å². The van der Waals surface area contributed by atoms with E-state index in [0.29, 0.717) is 12.8 Å². The van der Waals surface area contributed by atoms with Crippen molar-refractivity contribution >= 4 is 30.0 Å². The highest BCUT2D eigenvalue weighted by molar-refractivity contribution is 5.69. The van der Waals surface area contributed by atoms with Crippen LogP contribution in [0.4, 0.5) is 4.79 Å². The predicted octanol–water partition coefficient (Wildman–Crippen LogP) is 5.45.